The van der Waals surface area contributed by atoms with E-state index in [1.807, 2.05) is 23.1 Å². The largest absolute Gasteiger partial charge is 0.368 e. The second-order valence-electron chi connectivity index (χ2n) is 8.29. The van der Waals surface area contributed by atoms with Gasteiger partial charge in [0.05, 0.1) is 11.6 Å². The van der Waals surface area contributed by atoms with E-state index in [1.165, 1.54) is 10.5 Å². The standard InChI is InChI=1S/C24H27ClN4O3/c1-17-9-10-18(25)16-21(17)27-12-14-28(15-13-27)22(30)8-4-5-11-29-23(31)19-6-2-3-7-20(19)26-24(29)32/h2-3,6-7,9-10,16,19H,4-5,8,11-15H2,1H3. The van der Waals surface area contributed by atoms with Crippen LogP contribution in [-0.2, 0) is 9.59 Å². The number of fused-ring (bicyclic) bond motifs is 1. The van der Waals surface area contributed by atoms with Crippen LogP contribution >= 0.6 is 11.6 Å². The van der Waals surface area contributed by atoms with Crippen LogP contribution < -0.4 is 4.90 Å². The first-order valence-electron chi connectivity index (χ1n) is 11.0. The van der Waals surface area contributed by atoms with E-state index in [0.717, 1.165) is 18.8 Å². The topological polar surface area (TPSA) is 73.3 Å². The van der Waals surface area contributed by atoms with E-state index in [9.17, 15) is 14.4 Å². The summed E-state index contributed by atoms with van der Waals surface area (Å²) in [6.45, 7) is 5.24. The molecule has 1 saturated heterocycles. The molecule has 7 nitrogen and oxygen atoms in total. The number of hydrogen-bond donors (Lipinski definition) is 0. The monoisotopic (exact) mass is 454 g/mol. The predicted octanol–water partition coefficient (Wildman–Crippen LogP) is 3.61. The molecule has 2 heterocycles. The molecule has 0 aromatic heterocycles. The molecule has 0 saturated carbocycles. The van der Waals surface area contributed by atoms with Gasteiger partial charge >= 0.3 is 6.03 Å². The van der Waals surface area contributed by atoms with Crippen molar-refractivity contribution in [3.05, 3.63) is 53.1 Å². The average Bonchev–Trinajstić information content (AvgIpc) is 2.80. The Kier molecular flexibility index (Phi) is 6.74. The Balaban J connectivity index is 1.21. The van der Waals surface area contributed by atoms with E-state index in [1.54, 1.807) is 24.3 Å². The van der Waals surface area contributed by atoms with Crippen molar-refractivity contribution in [2.45, 2.75) is 26.2 Å². The highest BCUT2D eigenvalue weighted by atomic mass is 35.5. The highest BCUT2D eigenvalue weighted by Gasteiger charge is 2.35. The SMILES string of the molecule is Cc1ccc(Cl)cc1N1CCN(C(=O)CCCCN2C(=O)N=C3C=CC=CC3C2=O)CC1. The Morgan fingerprint density at radius 3 is 2.69 bits per heavy atom. The molecule has 8 heteroatoms. The summed E-state index contributed by atoms with van der Waals surface area (Å²) >= 11 is 6.14. The number of carbonyl (C=O) groups is 3. The van der Waals surface area contributed by atoms with E-state index >= 15 is 0 Å². The van der Waals surface area contributed by atoms with Crippen LogP contribution in [0.2, 0.25) is 5.02 Å². The Hall–Kier alpha value is -2.93. The molecule has 3 aliphatic rings. The molecule has 4 rings (SSSR count). The third-order valence-corrected chi connectivity index (χ3v) is 6.39. The lowest BCUT2D eigenvalue weighted by molar-refractivity contribution is -0.131. The fourth-order valence-corrected chi connectivity index (χ4v) is 4.48. The number of urea groups is 1. The number of hydrogen-bond acceptors (Lipinski definition) is 4. The van der Waals surface area contributed by atoms with E-state index in [4.69, 9.17) is 11.6 Å². The number of carbonyl (C=O) groups excluding carboxylic acids is 3. The number of anilines is 1. The molecule has 1 unspecified atom stereocenters. The number of piperazine rings is 1. The fourth-order valence-electron chi connectivity index (χ4n) is 4.31. The first-order chi connectivity index (χ1) is 15.4. The van der Waals surface area contributed by atoms with E-state index in [-0.39, 0.29) is 18.4 Å². The molecule has 0 bridgehead atoms. The number of unbranched alkanes of at least 4 members (excludes halogenated alkanes) is 1. The lowest BCUT2D eigenvalue weighted by Gasteiger charge is -2.37. The van der Waals surface area contributed by atoms with E-state index in [0.29, 0.717) is 43.1 Å². The molecule has 2 aliphatic heterocycles. The Morgan fingerprint density at radius 1 is 1.12 bits per heavy atom. The van der Waals surface area contributed by atoms with Crippen molar-refractivity contribution in [1.82, 2.24) is 9.80 Å². The van der Waals surface area contributed by atoms with Crippen molar-refractivity contribution in [2.75, 3.05) is 37.6 Å². The predicted molar refractivity (Wildman–Crippen MR) is 125 cm³/mol. The summed E-state index contributed by atoms with van der Waals surface area (Å²) in [7, 11) is 0. The van der Waals surface area contributed by atoms with Crippen molar-refractivity contribution in [3.63, 3.8) is 0 Å². The lowest BCUT2D eigenvalue weighted by atomic mass is 9.95. The molecule has 1 aromatic carbocycles. The molecule has 32 heavy (non-hydrogen) atoms. The highest BCUT2D eigenvalue weighted by Crippen LogP contribution is 2.25. The average molecular weight is 455 g/mol. The van der Waals surface area contributed by atoms with Gasteiger partial charge in [-0.25, -0.2) is 4.79 Å². The minimum absolute atomic E-state index is 0.115. The van der Waals surface area contributed by atoms with Crippen molar-refractivity contribution in [1.29, 1.82) is 0 Å². The van der Waals surface area contributed by atoms with Crippen molar-refractivity contribution >= 4 is 40.8 Å². The van der Waals surface area contributed by atoms with Gasteiger partial charge in [0.15, 0.2) is 0 Å². The second-order valence-corrected chi connectivity index (χ2v) is 8.72. The van der Waals surface area contributed by atoms with Crippen LogP contribution in [0.1, 0.15) is 24.8 Å². The molecule has 0 spiro atoms. The summed E-state index contributed by atoms with van der Waals surface area (Å²) in [5.41, 5.74) is 2.79. The fraction of sp³-hybridized carbons (Fsp3) is 0.417. The second kappa shape index (κ2) is 9.69. The zero-order valence-corrected chi connectivity index (χ0v) is 18.9. The third kappa shape index (κ3) is 4.78. The smallest absolute Gasteiger partial charge is 0.350 e. The minimum atomic E-state index is -0.514. The zero-order chi connectivity index (χ0) is 22.7. The van der Waals surface area contributed by atoms with Crippen molar-refractivity contribution in [2.24, 2.45) is 10.9 Å². The number of imide groups is 1. The molecule has 168 valence electrons. The van der Waals surface area contributed by atoms with Crippen molar-refractivity contribution in [3.8, 4) is 0 Å². The minimum Gasteiger partial charge on any atom is -0.368 e. The summed E-state index contributed by atoms with van der Waals surface area (Å²) in [6.07, 6.45) is 8.64. The van der Waals surface area contributed by atoms with Gasteiger partial charge in [-0.05, 0) is 43.5 Å². The normalized spacial score (nSPS) is 20.5. The lowest BCUT2D eigenvalue weighted by Crippen LogP contribution is -2.49. The van der Waals surface area contributed by atoms with Gasteiger partial charge in [-0.3, -0.25) is 14.5 Å². The van der Waals surface area contributed by atoms with Gasteiger partial charge in [-0.15, -0.1) is 0 Å². The van der Waals surface area contributed by atoms with Crippen LogP contribution in [0, 0.1) is 12.8 Å². The van der Waals surface area contributed by atoms with Crippen LogP contribution in [-0.4, -0.2) is 66.1 Å². The zero-order valence-electron chi connectivity index (χ0n) is 18.2. The molecular weight excluding hydrogens is 428 g/mol. The number of benzene rings is 1. The van der Waals surface area contributed by atoms with Gasteiger partial charge in [0.25, 0.3) is 0 Å². The Morgan fingerprint density at radius 2 is 1.91 bits per heavy atom. The molecule has 4 amide bonds. The molecule has 0 radical (unpaired) electrons. The third-order valence-electron chi connectivity index (χ3n) is 6.15. The first kappa shape index (κ1) is 22.3. The van der Waals surface area contributed by atoms with E-state index < -0.39 is 11.9 Å². The number of allylic oxidation sites excluding steroid dienone is 3. The summed E-state index contributed by atoms with van der Waals surface area (Å²) in [6, 6.07) is 5.36. The van der Waals surface area contributed by atoms with Gasteiger partial charge in [0.1, 0.15) is 0 Å². The number of amides is 4. The summed E-state index contributed by atoms with van der Waals surface area (Å²) in [4.78, 5) is 46.8. The van der Waals surface area contributed by atoms with E-state index in [2.05, 4.69) is 16.8 Å². The summed E-state index contributed by atoms with van der Waals surface area (Å²) in [5, 5.41) is 0.715. The van der Waals surface area contributed by atoms with Crippen LogP contribution in [0.3, 0.4) is 0 Å². The maximum absolute atomic E-state index is 12.6. The Bertz CT molecular complexity index is 1010. The maximum atomic E-state index is 12.6. The van der Waals surface area contributed by atoms with Crippen LogP contribution in [0.15, 0.2) is 47.5 Å². The number of rotatable bonds is 6. The molecule has 0 N–H and O–H groups in total. The van der Waals surface area contributed by atoms with Crippen LogP contribution in [0.4, 0.5) is 10.5 Å². The van der Waals surface area contributed by atoms with Crippen LogP contribution in [0.5, 0.6) is 0 Å². The molecular formula is C24H27ClN4O3. The van der Waals surface area contributed by atoms with Crippen molar-refractivity contribution < 1.29 is 14.4 Å². The highest BCUT2D eigenvalue weighted by molar-refractivity contribution is 6.30. The van der Waals surface area contributed by atoms with Gasteiger partial charge < -0.3 is 9.80 Å². The molecule has 1 fully saturated rings. The van der Waals surface area contributed by atoms with Gasteiger partial charge in [-0.1, -0.05) is 35.9 Å². The Labute approximate surface area is 193 Å². The maximum Gasteiger partial charge on any atom is 0.350 e. The number of aliphatic imine (C=N–C) groups is 1. The van der Waals surface area contributed by atoms with Gasteiger partial charge in [0.2, 0.25) is 11.8 Å². The number of nitrogens with zero attached hydrogens (tertiary/aromatic N) is 4. The summed E-state index contributed by atoms with van der Waals surface area (Å²) in [5.74, 6) is -0.595. The molecule has 1 atom stereocenters. The number of aryl methyl sites for hydroxylation is 1. The van der Waals surface area contributed by atoms with Gasteiger partial charge in [0, 0.05) is 49.9 Å². The molecule has 1 aromatic rings. The molecule has 1 aliphatic carbocycles. The first-order valence-corrected chi connectivity index (χ1v) is 11.4. The summed E-state index contributed by atoms with van der Waals surface area (Å²) < 4.78 is 0. The van der Waals surface area contributed by atoms with Crippen LogP contribution in [0.25, 0.3) is 0 Å². The quantitative estimate of drug-likeness (QED) is 0.615. The number of halogens is 1. The van der Waals surface area contributed by atoms with Gasteiger partial charge in [-0.2, -0.15) is 4.99 Å².